The summed E-state index contributed by atoms with van der Waals surface area (Å²) in [5, 5.41) is 3.11. The Morgan fingerprint density at radius 3 is 2.78 bits per heavy atom. The van der Waals surface area contributed by atoms with Crippen molar-refractivity contribution in [2.45, 2.75) is 13.3 Å². The Morgan fingerprint density at radius 1 is 1.44 bits per heavy atom. The number of aliphatic imine (C=N–C) groups is 1. The van der Waals surface area contributed by atoms with Crippen molar-refractivity contribution in [1.29, 1.82) is 0 Å². The SMILES string of the molecule is C=CNc1cc(N=CC(C=C)=CN)ccc1CC. The van der Waals surface area contributed by atoms with E-state index in [1.807, 2.05) is 12.1 Å². The van der Waals surface area contributed by atoms with Crippen LogP contribution in [0.3, 0.4) is 0 Å². The number of anilines is 1. The highest BCUT2D eigenvalue weighted by atomic mass is 14.8. The van der Waals surface area contributed by atoms with Crippen LogP contribution in [0.15, 0.2) is 60.4 Å². The first-order chi connectivity index (χ1) is 8.74. The van der Waals surface area contributed by atoms with Crippen LogP contribution in [0.25, 0.3) is 0 Å². The lowest BCUT2D eigenvalue weighted by atomic mass is 10.1. The molecule has 94 valence electrons. The molecule has 3 heteroatoms. The van der Waals surface area contributed by atoms with Crippen LogP contribution < -0.4 is 11.1 Å². The van der Waals surface area contributed by atoms with Gasteiger partial charge < -0.3 is 11.1 Å². The average molecular weight is 241 g/mol. The van der Waals surface area contributed by atoms with Crippen LogP contribution in [0, 0.1) is 0 Å². The molecule has 0 unspecified atom stereocenters. The fourth-order valence-corrected chi connectivity index (χ4v) is 1.51. The number of nitrogens with two attached hydrogens (primary N) is 1. The van der Waals surface area contributed by atoms with E-state index in [1.54, 1.807) is 18.5 Å². The van der Waals surface area contributed by atoms with Crippen molar-refractivity contribution in [2.24, 2.45) is 10.7 Å². The third-order valence-corrected chi connectivity index (χ3v) is 2.52. The molecule has 0 aliphatic heterocycles. The summed E-state index contributed by atoms with van der Waals surface area (Å²) in [6.07, 6.45) is 7.44. The molecule has 0 aliphatic carbocycles. The van der Waals surface area contributed by atoms with Gasteiger partial charge in [0.25, 0.3) is 0 Å². The maximum atomic E-state index is 5.42. The van der Waals surface area contributed by atoms with E-state index in [0.29, 0.717) is 0 Å². The molecule has 0 amide bonds. The summed E-state index contributed by atoms with van der Waals surface area (Å²) in [6, 6.07) is 6.01. The van der Waals surface area contributed by atoms with Crippen LogP contribution in [0.4, 0.5) is 11.4 Å². The van der Waals surface area contributed by atoms with Crippen molar-refractivity contribution in [1.82, 2.24) is 0 Å². The standard InChI is InChI=1S/C15H19N3/c1-4-12(10-16)11-18-14-8-7-13(5-2)15(9-14)17-6-3/h4,6-11,17H,1,3,5,16H2,2H3. The summed E-state index contributed by atoms with van der Waals surface area (Å²) in [7, 11) is 0. The van der Waals surface area contributed by atoms with Gasteiger partial charge in [-0.1, -0.05) is 32.2 Å². The summed E-state index contributed by atoms with van der Waals surface area (Å²) in [5.41, 5.74) is 9.32. The number of hydrogen-bond acceptors (Lipinski definition) is 3. The van der Waals surface area contributed by atoms with Crippen molar-refractivity contribution in [3.63, 3.8) is 0 Å². The fourth-order valence-electron chi connectivity index (χ4n) is 1.51. The van der Waals surface area contributed by atoms with Crippen molar-refractivity contribution in [2.75, 3.05) is 5.32 Å². The number of allylic oxidation sites excluding steroid dienone is 2. The molecule has 0 aliphatic rings. The Hall–Kier alpha value is -2.29. The van der Waals surface area contributed by atoms with Crippen molar-refractivity contribution in [3.05, 3.63) is 61.0 Å². The lowest BCUT2D eigenvalue weighted by molar-refractivity contribution is 1.14. The highest BCUT2D eigenvalue weighted by Gasteiger charge is 2.00. The quantitative estimate of drug-likeness (QED) is 0.591. The van der Waals surface area contributed by atoms with Crippen molar-refractivity contribution < 1.29 is 0 Å². The van der Waals surface area contributed by atoms with Crippen LogP contribution in [-0.4, -0.2) is 6.21 Å². The molecule has 0 saturated heterocycles. The van der Waals surface area contributed by atoms with E-state index in [4.69, 9.17) is 5.73 Å². The first kappa shape index (κ1) is 13.8. The van der Waals surface area contributed by atoms with E-state index in [0.717, 1.165) is 23.4 Å². The van der Waals surface area contributed by atoms with E-state index < -0.39 is 0 Å². The van der Waals surface area contributed by atoms with E-state index >= 15 is 0 Å². The Balaban J connectivity index is 3.01. The van der Waals surface area contributed by atoms with Gasteiger partial charge in [-0.3, -0.25) is 4.99 Å². The topological polar surface area (TPSA) is 50.4 Å². The summed E-state index contributed by atoms with van der Waals surface area (Å²) >= 11 is 0. The number of benzene rings is 1. The van der Waals surface area contributed by atoms with Crippen LogP contribution in [0.2, 0.25) is 0 Å². The van der Waals surface area contributed by atoms with Crippen LogP contribution in [-0.2, 0) is 6.42 Å². The highest BCUT2D eigenvalue weighted by molar-refractivity contribution is 5.84. The molecule has 1 aromatic carbocycles. The lowest BCUT2D eigenvalue weighted by Gasteiger charge is -2.08. The third kappa shape index (κ3) is 3.63. The monoisotopic (exact) mass is 241 g/mol. The molecule has 0 heterocycles. The fraction of sp³-hybridized carbons (Fsp3) is 0.133. The van der Waals surface area contributed by atoms with Gasteiger partial charge in [0.05, 0.1) is 5.69 Å². The van der Waals surface area contributed by atoms with Crippen molar-refractivity contribution >= 4 is 17.6 Å². The minimum absolute atomic E-state index is 0.785. The average Bonchev–Trinajstić information content (AvgIpc) is 2.40. The molecule has 3 N–H and O–H groups in total. The lowest BCUT2D eigenvalue weighted by Crippen LogP contribution is -1.92. The van der Waals surface area contributed by atoms with Gasteiger partial charge >= 0.3 is 0 Å². The van der Waals surface area contributed by atoms with Crippen LogP contribution in [0.5, 0.6) is 0 Å². The maximum Gasteiger partial charge on any atom is 0.0650 e. The molecule has 0 fully saturated rings. The Kier molecular flexibility index (Phi) is 5.45. The first-order valence-corrected chi connectivity index (χ1v) is 5.84. The molecular formula is C15H19N3. The van der Waals surface area contributed by atoms with E-state index in [2.05, 4.69) is 36.5 Å². The smallest absolute Gasteiger partial charge is 0.0650 e. The van der Waals surface area contributed by atoms with Gasteiger partial charge in [-0.25, -0.2) is 0 Å². The molecule has 3 nitrogen and oxygen atoms in total. The van der Waals surface area contributed by atoms with Gasteiger partial charge in [0.2, 0.25) is 0 Å². The zero-order valence-corrected chi connectivity index (χ0v) is 10.7. The normalized spacial score (nSPS) is 11.5. The summed E-state index contributed by atoms with van der Waals surface area (Å²) < 4.78 is 0. The minimum atomic E-state index is 0.785. The molecular weight excluding hydrogens is 222 g/mol. The Morgan fingerprint density at radius 2 is 2.22 bits per heavy atom. The molecule has 18 heavy (non-hydrogen) atoms. The molecule has 1 aromatic rings. The molecule has 0 radical (unpaired) electrons. The molecule has 1 rings (SSSR count). The molecule has 0 saturated carbocycles. The molecule has 0 spiro atoms. The largest absolute Gasteiger partial charge is 0.404 e. The van der Waals surface area contributed by atoms with Gasteiger partial charge in [-0.2, -0.15) is 0 Å². The second kappa shape index (κ2) is 7.12. The molecule has 0 bridgehead atoms. The van der Waals surface area contributed by atoms with Gasteiger partial charge in [0.1, 0.15) is 0 Å². The summed E-state index contributed by atoms with van der Waals surface area (Å²) in [5.74, 6) is 0. The number of nitrogens with zero attached hydrogens (tertiary/aromatic N) is 1. The number of aryl methyl sites for hydroxylation is 1. The maximum absolute atomic E-state index is 5.42. The van der Waals surface area contributed by atoms with E-state index in [-0.39, 0.29) is 0 Å². The van der Waals surface area contributed by atoms with E-state index in [1.165, 1.54) is 11.8 Å². The number of rotatable bonds is 6. The highest BCUT2D eigenvalue weighted by Crippen LogP contribution is 2.23. The number of hydrogen-bond donors (Lipinski definition) is 2. The minimum Gasteiger partial charge on any atom is -0.404 e. The van der Waals surface area contributed by atoms with Crippen LogP contribution in [0.1, 0.15) is 12.5 Å². The molecule has 0 atom stereocenters. The van der Waals surface area contributed by atoms with Crippen LogP contribution >= 0.6 is 0 Å². The van der Waals surface area contributed by atoms with Gasteiger partial charge in [0, 0.05) is 23.7 Å². The van der Waals surface area contributed by atoms with Gasteiger partial charge in [-0.05, 0) is 30.3 Å². The Bertz CT molecular complexity index is 485. The van der Waals surface area contributed by atoms with Gasteiger partial charge in [-0.15, -0.1) is 0 Å². The van der Waals surface area contributed by atoms with E-state index in [9.17, 15) is 0 Å². The van der Waals surface area contributed by atoms with Crippen molar-refractivity contribution in [3.8, 4) is 0 Å². The second-order valence-corrected chi connectivity index (χ2v) is 3.67. The third-order valence-electron chi connectivity index (χ3n) is 2.52. The Labute approximate surface area is 108 Å². The van der Waals surface area contributed by atoms with Gasteiger partial charge in [0.15, 0.2) is 0 Å². The first-order valence-electron chi connectivity index (χ1n) is 5.84. The summed E-state index contributed by atoms with van der Waals surface area (Å²) in [6.45, 7) is 9.44. The zero-order valence-electron chi connectivity index (χ0n) is 10.7. The predicted molar refractivity (Wildman–Crippen MR) is 80.3 cm³/mol. The molecule has 0 aromatic heterocycles. The summed E-state index contributed by atoms with van der Waals surface area (Å²) in [4.78, 5) is 4.35. The predicted octanol–water partition coefficient (Wildman–Crippen LogP) is 3.54. The number of nitrogens with one attached hydrogen (secondary N) is 1. The zero-order chi connectivity index (χ0) is 13.4. The second-order valence-electron chi connectivity index (χ2n) is 3.67.